The van der Waals surface area contributed by atoms with Crippen molar-refractivity contribution in [2.24, 2.45) is 0 Å². The lowest BCUT2D eigenvalue weighted by atomic mass is 10.1. The molecule has 0 saturated carbocycles. The number of aromatic nitrogens is 3. The van der Waals surface area contributed by atoms with Crippen LogP contribution < -0.4 is 5.56 Å². The molecule has 0 unspecified atom stereocenters. The molecule has 134 valence electrons. The predicted molar refractivity (Wildman–Crippen MR) is 102 cm³/mol. The van der Waals surface area contributed by atoms with Crippen LogP contribution in [0.2, 0.25) is 0 Å². The lowest BCUT2D eigenvalue weighted by Gasteiger charge is -2.19. The van der Waals surface area contributed by atoms with Crippen molar-refractivity contribution in [1.29, 1.82) is 0 Å². The number of aromatic amines is 1. The topological polar surface area (TPSA) is 88.0 Å². The summed E-state index contributed by atoms with van der Waals surface area (Å²) in [5.74, 6) is -0.0258. The van der Waals surface area contributed by atoms with Gasteiger partial charge in [-0.15, -0.1) is 0 Å². The van der Waals surface area contributed by atoms with Crippen molar-refractivity contribution < 1.29 is 9.90 Å². The van der Waals surface area contributed by atoms with Gasteiger partial charge >= 0.3 is 0 Å². The molecular weight excluding hydrogens is 330 g/mol. The molecule has 3 aromatic rings. The van der Waals surface area contributed by atoms with E-state index in [1.807, 2.05) is 6.07 Å². The number of aliphatic hydroxyl groups is 1. The van der Waals surface area contributed by atoms with E-state index in [1.54, 1.807) is 44.6 Å². The maximum Gasteiger partial charge on any atom is 0.250 e. The molecule has 3 rings (SSSR count). The van der Waals surface area contributed by atoms with E-state index in [0.717, 1.165) is 27.7 Å². The standard InChI is InChI=1S/C20H21N3O3/c1-13(24)4-5-14-9-21-19-17(14)8-16(10-22-19)15-6-7-18(25)23(11-15)12-20(2,3)26/h4-11,26H,12H2,1-3H3,(H,21,22)/b5-4+. The average Bonchev–Trinajstić information content (AvgIpc) is 2.96. The summed E-state index contributed by atoms with van der Waals surface area (Å²) in [6.45, 7) is 5.02. The van der Waals surface area contributed by atoms with Gasteiger partial charge in [0.15, 0.2) is 5.78 Å². The first-order valence-corrected chi connectivity index (χ1v) is 8.32. The number of hydrogen-bond acceptors (Lipinski definition) is 4. The fourth-order valence-corrected chi connectivity index (χ4v) is 2.77. The van der Waals surface area contributed by atoms with Crippen molar-refractivity contribution in [1.82, 2.24) is 14.5 Å². The molecule has 3 heterocycles. The molecule has 0 radical (unpaired) electrons. The van der Waals surface area contributed by atoms with Crippen LogP contribution in [0.5, 0.6) is 0 Å². The van der Waals surface area contributed by atoms with E-state index >= 15 is 0 Å². The quantitative estimate of drug-likeness (QED) is 0.692. The molecular formula is C20H21N3O3. The fourth-order valence-electron chi connectivity index (χ4n) is 2.77. The number of H-pyrrole nitrogens is 1. The minimum absolute atomic E-state index is 0.0258. The fraction of sp³-hybridized carbons (Fsp3) is 0.250. The van der Waals surface area contributed by atoms with E-state index in [0.29, 0.717) is 0 Å². The summed E-state index contributed by atoms with van der Waals surface area (Å²) in [5, 5.41) is 10.9. The van der Waals surface area contributed by atoms with Crippen LogP contribution in [0.3, 0.4) is 0 Å². The molecule has 0 aromatic carbocycles. The summed E-state index contributed by atoms with van der Waals surface area (Å²) >= 11 is 0. The van der Waals surface area contributed by atoms with Gasteiger partial charge in [0, 0.05) is 41.2 Å². The first-order valence-electron chi connectivity index (χ1n) is 8.32. The summed E-state index contributed by atoms with van der Waals surface area (Å²) in [6, 6.07) is 5.19. The second-order valence-electron chi connectivity index (χ2n) is 7.00. The zero-order chi connectivity index (χ0) is 18.9. The zero-order valence-corrected chi connectivity index (χ0v) is 15.0. The SMILES string of the molecule is CC(=O)/C=C/c1c[nH]c2ncc(-c3ccc(=O)n(CC(C)(C)O)c3)cc12. The van der Waals surface area contributed by atoms with Crippen LogP contribution in [0.25, 0.3) is 28.2 Å². The number of nitrogens with zero attached hydrogens (tertiary/aromatic N) is 2. The number of nitrogens with one attached hydrogen (secondary N) is 1. The van der Waals surface area contributed by atoms with Crippen LogP contribution >= 0.6 is 0 Å². The number of pyridine rings is 2. The third-order valence-corrected chi connectivity index (χ3v) is 3.93. The zero-order valence-electron chi connectivity index (χ0n) is 15.0. The Morgan fingerprint density at radius 2 is 2.12 bits per heavy atom. The predicted octanol–water partition coefficient (Wildman–Crippen LogP) is 2.76. The van der Waals surface area contributed by atoms with Gasteiger partial charge in [0.25, 0.3) is 5.56 Å². The first kappa shape index (κ1) is 17.8. The normalized spacial score (nSPS) is 12.2. The van der Waals surface area contributed by atoms with E-state index in [2.05, 4.69) is 9.97 Å². The Balaban J connectivity index is 2.05. The molecule has 0 bridgehead atoms. The van der Waals surface area contributed by atoms with Crippen molar-refractivity contribution in [3.63, 3.8) is 0 Å². The molecule has 0 atom stereocenters. The smallest absolute Gasteiger partial charge is 0.250 e. The molecule has 6 nitrogen and oxygen atoms in total. The van der Waals surface area contributed by atoms with Gasteiger partial charge in [0.2, 0.25) is 0 Å². The van der Waals surface area contributed by atoms with Crippen molar-refractivity contribution >= 4 is 22.9 Å². The number of carbonyl (C=O) groups is 1. The van der Waals surface area contributed by atoms with E-state index in [1.165, 1.54) is 23.6 Å². The third kappa shape index (κ3) is 3.97. The molecule has 6 heteroatoms. The number of allylic oxidation sites excluding steroid dienone is 1. The van der Waals surface area contributed by atoms with Gasteiger partial charge in [-0.05, 0) is 50.6 Å². The Labute approximate surface area is 150 Å². The minimum Gasteiger partial charge on any atom is -0.389 e. The summed E-state index contributed by atoms with van der Waals surface area (Å²) in [4.78, 5) is 30.7. The largest absolute Gasteiger partial charge is 0.389 e. The number of rotatable bonds is 5. The van der Waals surface area contributed by atoms with Crippen LogP contribution in [0.15, 0.2) is 47.7 Å². The maximum atomic E-state index is 12.0. The second kappa shape index (κ2) is 6.72. The summed E-state index contributed by atoms with van der Waals surface area (Å²) in [5.41, 5.74) is 2.11. The van der Waals surface area contributed by atoms with E-state index in [9.17, 15) is 14.7 Å². The van der Waals surface area contributed by atoms with Gasteiger partial charge in [-0.2, -0.15) is 0 Å². The number of ketones is 1. The lowest BCUT2D eigenvalue weighted by Crippen LogP contribution is -2.32. The maximum absolute atomic E-state index is 12.0. The minimum atomic E-state index is -0.990. The van der Waals surface area contributed by atoms with Gasteiger partial charge in [0.05, 0.1) is 12.1 Å². The Morgan fingerprint density at radius 3 is 2.81 bits per heavy atom. The molecule has 26 heavy (non-hydrogen) atoms. The van der Waals surface area contributed by atoms with E-state index < -0.39 is 5.60 Å². The highest BCUT2D eigenvalue weighted by molar-refractivity contribution is 5.96. The molecule has 0 aliphatic rings. The third-order valence-electron chi connectivity index (χ3n) is 3.93. The van der Waals surface area contributed by atoms with Gasteiger partial charge in [-0.1, -0.05) is 0 Å². The molecule has 0 spiro atoms. The number of fused-ring (bicyclic) bond motifs is 1. The Kier molecular flexibility index (Phi) is 4.61. The van der Waals surface area contributed by atoms with E-state index in [4.69, 9.17) is 0 Å². The van der Waals surface area contributed by atoms with Crippen molar-refractivity contribution in [2.45, 2.75) is 32.9 Å². The number of hydrogen-bond donors (Lipinski definition) is 2. The Hall–Kier alpha value is -2.99. The van der Waals surface area contributed by atoms with Crippen LogP contribution in [0.1, 0.15) is 26.3 Å². The molecule has 0 aliphatic carbocycles. The van der Waals surface area contributed by atoms with Gasteiger partial charge in [-0.25, -0.2) is 4.98 Å². The lowest BCUT2D eigenvalue weighted by molar-refractivity contribution is -0.112. The van der Waals surface area contributed by atoms with Crippen LogP contribution in [-0.4, -0.2) is 31.0 Å². The molecule has 0 fully saturated rings. The van der Waals surface area contributed by atoms with Crippen LogP contribution in [0.4, 0.5) is 0 Å². The van der Waals surface area contributed by atoms with Gasteiger partial charge in [0.1, 0.15) is 5.65 Å². The monoisotopic (exact) mass is 351 g/mol. The highest BCUT2D eigenvalue weighted by Gasteiger charge is 2.15. The Morgan fingerprint density at radius 1 is 1.35 bits per heavy atom. The molecule has 3 aromatic heterocycles. The molecule has 0 amide bonds. The van der Waals surface area contributed by atoms with Gasteiger partial charge < -0.3 is 14.7 Å². The van der Waals surface area contributed by atoms with Crippen molar-refractivity contribution in [3.8, 4) is 11.1 Å². The molecule has 2 N–H and O–H groups in total. The second-order valence-corrected chi connectivity index (χ2v) is 7.00. The number of carbonyl (C=O) groups excluding carboxylic acids is 1. The first-order chi connectivity index (χ1) is 12.2. The molecule has 0 aliphatic heterocycles. The van der Waals surface area contributed by atoms with Crippen LogP contribution in [0, 0.1) is 0 Å². The highest BCUT2D eigenvalue weighted by Crippen LogP contribution is 2.25. The van der Waals surface area contributed by atoms with Crippen LogP contribution in [-0.2, 0) is 11.3 Å². The highest BCUT2D eigenvalue weighted by atomic mass is 16.3. The summed E-state index contributed by atoms with van der Waals surface area (Å²) in [7, 11) is 0. The van der Waals surface area contributed by atoms with E-state index in [-0.39, 0.29) is 17.9 Å². The Bertz CT molecular complexity index is 1050. The van der Waals surface area contributed by atoms with Gasteiger partial charge in [-0.3, -0.25) is 9.59 Å². The average molecular weight is 351 g/mol. The summed E-state index contributed by atoms with van der Waals surface area (Å²) in [6.07, 6.45) is 8.52. The van der Waals surface area contributed by atoms with Crippen molar-refractivity contribution in [2.75, 3.05) is 0 Å². The molecule has 0 saturated heterocycles. The van der Waals surface area contributed by atoms with Crippen molar-refractivity contribution in [3.05, 3.63) is 58.8 Å². The summed E-state index contributed by atoms with van der Waals surface area (Å²) < 4.78 is 1.49.